The largest absolute Gasteiger partial charge is 0.379 e. The van der Waals surface area contributed by atoms with Gasteiger partial charge in [-0.15, -0.1) is 0 Å². The Bertz CT molecular complexity index is 760. The Hall–Kier alpha value is -1.73. The fourth-order valence-corrected chi connectivity index (χ4v) is 4.30. The van der Waals surface area contributed by atoms with E-state index in [0.29, 0.717) is 6.10 Å². The SMILES string of the molecule is Cc1cc(C)n(-c2ccc(CN3CCC(OCCN4CCOCC4)CC3)cc2)n1. The molecule has 2 aromatic rings. The highest BCUT2D eigenvalue weighted by atomic mass is 16.5. The van der Waals surface area contributed by atoms with Gasteiger partial charge in [-0.3, -0.25) is 9.80 Å². The van der Waals surface area contributed by atoms with Gasteiger partial charge in [-0.2, -0.15) is 5.10 Å². The minimum absolute atomic E-state index is 0.417. The van der Waals surface area contributed by atoms with Gasteiger partial charge in [-0.05, 0) is 50.5 Å². The van der Waals surface area contributed by atoms with E-state index in [1.165, 1.54) is 11.3 Å². The first-order valence-corrected chi connectivity index (χ1v) is 10.9. The highest BCUT2D eigenvalue weighted by molar-refractivity contribution is 5.36. The van der Waals surface area contributed by atoms with E-state index in [0.717, 1.165) is 83.3 Å². The summed E-state index contributed by atoms with van der Waals surface area (Å²) in [7, 11) is 0. The lowest BCUT2D eigenvalue weighted by molar-refractivity contribution is -0.0191. The van der Waals surface area contributed by atoms with Gasteiger partial charge < -0.3 is 9.47 Å². The predicted octanol–water partition coefficient (Wildman–Crippen LogP) is 2.80. The van der Waals surface area contributed by atoms with Gasteiger partial charge in [0.1, 0.15) is 0 Å². The molecule has 2 fully saturated rings. The number of piperidine rings is 1. The minimum Gasteiger partial charge on any atom is -0.379 e. The number of rotatable bonds is 7. The quantitative estimate of drug-likeness (QED) is 0.718. The summed E-state index contributed by atoms with van der Waals surface area (Å²) in [4.78, 5) is 4.98. The zero-order valence-corrected chi connectivity index (χ0v) is 17.8. The van der Waals surface area contributed by atoms with Crippen LogP contribution in [0.2, 0.25) is 0 Å². The van der Waals surface area contributed by atoms with Crippen LogP contribution in [0.15, 0.2) is 30.3 Å². The molecule has 29 heavy (non-hydrogen) atoms. The summed E-state index contributed by atoms with van der Waals surface area (Å²) in [6.45, 7) is 13.1. The molecule has 0 amide bonds. The number of morpholine rings is 1. The van der Waals surface area contributed by atoms with Gasteiger partial charge in [0.2, 0.25) is 0 Å². The van der Waals surface area contributed by atoms with Gasteiger partial charge in [0, 0.05) is 45.0 Å². The van der Waals surface area contributed by atoms with Crippen LogP contribution in [-0.4, -0.2) is 78.2 Å². The van der Waals surface area contributed by atoms with Crippen molar-refractivity contribution >= 4 is 0 Å². The predicted molar refractivity (Wildman–Crippen MR) is 115 cm³/mol. The maximum absolute atomic E-state index is 6.14. The number of aromatic nitrogens is 2. The number of hydrogen-bond acceptors (Lipinski definition) is 5. The first-order valence-electron chi connectivity index (χ1n) is 10.9. The first-order chi connectivity index (χ1) is 14.2. The molecule has 0 saturated carbocycles. The Kier molecular flexibility index (Phi) is 6.98. The van der Waals surface area contributed by atoms with Gasteiger partial charge in [0.05, 0.1) is 37.3 Å². The highest BCUT2D eigenvalue weighted by Gasteiger charge is 2.20. The van der Waals surface area contributed by atoms with Gasteiger partial charge in [-0.1, -0.05) is 12.1 Å². The lowest BCUT2D eigenvalue weighted by Gasteiger charge is -2.33. The third-order valence-corrected chi connectivity index (χ3v) is 6.00. The molecule has 0 unspecified atom stereocenters. The van der Waals surface area contributed by atoms with Crippen molar-refractivity contribution < 1.29 is 9.47 Å². The Morgan fingerprint density at radius 2 is 1.72 bits per heavy atom. The standard InChI is InChI=1S/C23H34N4O2/c1-19-17-20(2)27(24-19)22-5-3-21(4-6-22)18-26-9-7-23(8-10-26)29-16-13-25-11-14-28-15-12-25/h3-6,17,23H,7-16,18H2,1-2H3. The highest BCUT2D eigenvalue weighted by Crippen LogP contribution is 2.18. The molecule has 0 radical (unpaired) electrons. The van der Waals surface area contributed by atoms with Crippen molar-refractivity contribution in [1.29, 1.82) is 0 Å². The summed E-state index contributed by atoms with van der Waals surface area (Å²) in [6.07, 6.45) is 2.68. The summed E-state index contributed by atoms with van der Waals surface area (Å²) in [6, 6.07) is 10.9. The average molecular weight is 399 g/mol. The first kappa shape index (κ1) is 20.5. The third kappa shape index (κ3) is 5.66. The summed E-state index contributed by atoms with van der Waals surface area (Å²) in [5, 5.41) is 4.57. The van der Waals surface area contributed by atoms with E-state index in [9.17, 15) is 0 Å². The van der Waals surface area contributed by atoms with Crippen molar-refractivity contribution in [2.75, 3.05) is 52.5 Å². The molecule has 3 heterocycles. The smallest absolute Gasteiger partial charge is 0.0648 e. The van der Waals surface area contributed by atoms with E-state index in [1.807, 2.05) is 11.6 Å². The fourth-order valence-electron chi connectivity index (χ4n) is 4.30. The van der Waals surface area contributed by atoms with E-state index in [1.54, 1.807) is 0 Å². The summed E-state index contributed by atoms with van der Waals surface area (Å²) in [5.41, 5.74) is 4.72. The van der Waals surface area contributed by atoms with Crippen molar-refractivity contribution in [1.82, 2.24) is 19.6 Å². The Morgan fingerprint density at radius 1 is 1.00 bits per heavy atom. The third-order valence-electron chi connectivity index (χ3n) is 6.00. The van der Waals surface area contributed by atoms with Crippen molar-refractivity contribution in [2.45, 2.75) is 39.3 Å². The molecule has 6 nitrogen and oxygen atoms in total. The summed E-state index contributed by atoms with van der Waals surface area (Å²) >= 11 is 0. The summed E-state index contributed by atoms with van der Waals surface area (Å²) in [5.74, 6) is 0. The molecule has 0 spiro atoms. The second kappa shape index (κ2) is 9.85. The van der Waals surface area contributed by atoms with Crippen LogP contribution in [-0.2, 0) is 16.0 Å². The molecule has 158 valence electrons. The molecule has 6 heteroatoms. The van der Waals surface area contributed by atoms with Crippen LogP contribution in [0.3, 0.4) is 0 Å². The Balaban J connectivity index is 1.19. The Labute approximate surface area is 174 Å². The van der Waals surface area contributed by atoms with E-state index in [4.69, 9.17) is 9.47 Å². The molecule has 1 aromatic heterocycles. The lowest BCUT2D eigenvalue weighted by Crippen LogP contribution is -2.40. The molecular weight excluding hydrogens is 364 g/mol. The molecule has 2 aliphatic heterocycles. The average Bonchev–Trinajstić information content (AvgIpc) is 3.09. The second-order valence-electron chi connectivity index (χ2n) is 8.31. The normalized spacial score (nSPS) is 19.7. The van der Waals surface area contributed by atoms with Gasteiger partial charge in [0.25, 0.3) is 0 Å². The minimum atomic E-state index is 0.417. The van der Waals surface area contributed by atoms with Crippen LogP contribution < -0.4 is 0 Å². The number of benzene rings is 1. The van der Waals surface area contributed by atoms with Gasteiger partial charge >= 0.3 is 0 Å². The van der Waals surface area contributed by atoms with E-state index >= 15 is 0 Å². The number of aryl methyl sites for hydroxylation is 2. The molecule has 0 N–H and O–H groups in total. The van der Waals surface area contributed by atoms with Crippen LogP contribution in [0.5, 0.6) is 0 Å². The van der Waals surface area contributed by atoms with Crippen molar-refractivity contribution in [3.8, 4) is 5.69 Å². The van der Waals surface area contributed by atoms with E-state index in [2.05, 4.69) is 52.2 Å². The van der Waals surface area contributed by atoms with Crippen LogP contribution in [0.25, 0.3) is 5.69 Å². The number of ether oxygens (including phenoxy) is 2. The van der Waals surface area contributed by atoms with Crippen LogP contribution in [0.4, 0.5) is 0 Å². The molecule has 1 aromatic carbocycles. The zero-order valence-electron chi connectivity index (χ0n) is 17.8. The number of nitrogens with zero attached hydrogens (tertiary/aromatic N) is 4. The molecule has 0 bridgehead atoms. The van der Waals surface area contributed by atoms with E-state index < -0.39 is 0 Å². The van der Waals surface area contributed by atoms with E-state index in [-0.39, 0.29) is 0 Å². The van der Waals surface area contributed by atoms with Crippen LogP contribution in [0.1, 0.15) is 29.8 Å². The zero-order chi connectivity index (χ0) is 20.1. The molecule has 0 atom stereocenters. The molecule has 4 rings (SSSR count). The number of likely N-dealkylation sites (tertiary alicyclic amines) is 1. The lowest BCUT2D eigenvalue weighted by atomic mass is 10.1. The molecule has 2 saturated heterocycles. The topological polar surface area (TPSA) is 42.8 Å². The number of hydrogen-bond donors (Lipinski definition) is 0. The van der Waals surface area contributed by atoms with Crippen molar-refractivity contribution in [3.63, 3.8) is 0 Å². The van der Waals surface area contributed by atoms with Crippen LogP contribution in [0, 0.1) is 13.8 Å². The van der Waals surface area contributed by atoms with Gasteiger partial charge in [-0.25, -0.2) is 4.68 Å². The van der Waals surface area contributed by atoms with Crippen LogP contribution >= 0.6 is 0 Å². The maximum Gasteiger partial charge on any atom is 0.0648 e. The monoisotopic (exact) mass is 398 g/mol. The van der Waals surface area contributed by atoms with Gasteiger partial charge in [0.15, 0.2) is 0 Å². The fraction of sp³-hybridized carbons (Fsp3) is 0.609. The maximum atomic E-state index is 6.14. The molecule has 2 aliphatic rings. The molecular formula is C23H34N4O2. The second-order valence-corrected chi connectivity index (χ2v) is 8.31. The molecule has 0 aliphatic carbocycles. The summed E-state index contributed by atoms with van der Waals surface area (Å²) < 4.78 is 13.6. The van der Waals surface area contributed by atoms with Crippen molar-refractivity contribution in [3.05, 3.63) is 47.3 Å². The Morgan fingerprint density at radius 3 is 2.38 bits per heavy atom. The van der Waals surface area contributed by atoms with Crippen molar-refractivity contribution in [2.24, 2.45) is 0 Å².